The van der Waals surface area contributed by atoms with Crippen molar-refractivity contribution in [1.29, 1.82) is 0 Å². The fourth-order valence-electron chi connectivity index (χ4n) is 2.37. The molecule has 0 saturated heterocycles. The van der Waals surface area contributed by atoms with E-state index in [9.17, 15) is 13.2 Å². The smallest absolute Gasteiger partial charge is 0.330 e. The molecular weight excluding hydrogens is 297 g/mol. The number of thiazole rings is 1. The Kier molecular flexibility index (Phi) is 5.22. The predicted molar refractivity (Wildman–Crippen MR) is 80.4 cm³/mol. The number of hydrogen-bond acceptors (Lipinski definition) is 3. The van der Waals surface area contributed by atoms with E-state index in [1.165, 1.54) is 17.4 Å². The number of alkyl halides is 3. The zero-order valence-electron chi connectivity index (χ0n) is 11.9. The Morgan fingerprint density at radius 3 is 2.67 bits per heavy atom. The van der Waals surface area contributed by atoms with Crippen molar-refractivity contribution in [2.45, 2.75) is 38.8 Å². The van der Waals surface area contributed by atoms with E-state index in [1.807, 2.05) is 0 Å². The van der Waals surface area contributed by atoms with Crippen LogP contribution in [0.25, 0.3) is 10.2 Å². The standard InChI is InChI=1S/C15H19F3N2S/c1-2-10(7-8-19)3-6-14-20-12-9-11(15(16,17)18)4-5-13(12)21-14/h4-5,9-10H,2-3,6-8,19H2,1H3. The maximum atomic E-state index is 12.7. The number of nitrogens with two attached hydrogens (primary N) is 1. The van der Waals surface area contributed by atoms with Crippen molar-refractivity contribution in [3.63, 3.8) is 0 Å². The number of aromatic nitrogens is 1. The third-order valence-corrected chi connectivity index (χ3v) is 4.77. The van der Waals surface area contributed by atoms with Crippen LogP contribution in [0.15, 0.2) is 18.2 Å². The maximum Gasteiger partial charge on any atom is 0.416 e. The van der Waals surface area contributed by atoms with Gasteiger partial charge in [0.2, 0.25) is 0 Å². The summed E-state index contributed by atoms with van der Waals surface area (Å²) in [7, 11) is 0. The van der Waals surface area contributed by atoms with Crippen LogP contribution in [0.4, 0.5) is 13.2 Å². The van der Waals surface area contributed by atoms with Gasteiger partial charge in [0.05, 0.1) is 20.8 Å². The van der Waals surface area contributed by atoms with Crippen LogP contribution >= 0.6 is 11.3 Å². The number of halogens is 3. The van der Waals surface area contributed by atoms with Gasteiger partial charge < -0.3 is 5.73 Å². The van der Waals surface area contributed by atoms with Crippen LogP contribution in [-0.2, 0) is 12.6 Å². The summed E-state index contributed by atoms with van der Waals surface area (Å²) in [5.41, 5.74) is 5.38. The van der Waals surface area contributed by atoms with Crippen molar-refractivity contribution >= 4 is 21.6 Å². The molecule has 0 amide bonds. The molecule has 1 unspecified atom stereocenters. The molecule has 1 aromatic carbocycles. The lowest BCUT2D eigenvalue weighted by atomic mass is 9.97. The first kappa shape index (κ1) is 16.2. The molecule has 0 radical (unpaired) electrons. The average molecular weight is 316 g/mol. The number of nitrogens with zero attached hydrogens (tertiary/aromatic N) is 1. The van der Waals surface area contributed by atoms with Gasteiger partial charge in [-0.25, -0.2) is 4.98 Å². The van der Waals surface area contributed by atoms with Gasteiger partial charge in [0.25, 0.3) is 0 Å². The van der Waals surface area contributed by atoms with Crippen molar-refractivity contribution in [1.82, 2.24) is 4.98 Å². The van der Waals surface area contributed by atoms with E-state index < -0.39 is 11.7 Å². The fraction of sp³-hybridized carbons (Fsp3) is 0.533. The van der Waals surface area contributed by atoms with Gasteiger partial charge in [-0.1, -0.05) is 13.3 Å². The molecule has 2 aromatic rings. The highest BCUT2D eigenvalue weighted by Crippen LogP contribution is 2.33. The van der Waals surface area contributed by atoms with E-state index in [4.69, 9.17) is 5.73 Å². The van der Waals surface area contributed by atoms with Crippen LogP contribution in [-0.4, -0.2) is 11.5 Å². The first-order chi connectivity index (χ1) is 9.94. The van der Waals surface area contributed by atoms with Crippen LogP contribution in [0.1, 0.15) is 36.8 Å². The highest BCUT2D eigenvalue weighted by atomic mass is 32.1. The van der Waals surface area contributed by atoms with Crippen molar-refractivity contribution in [3.8, 4) is 0 Å². The molecule has 0 aliphatic heterocycles. The Morgan fingerprint density at radius 2 is 2.05 bits per heavy atom. The Balaban J connectivity index is 2.12. The average Bonchev–Trinajstić information content (AvgIpc) is 2.84. The molecule has 0 bridgehead atoms. The van der Waals surface area contributed by atoms with Crippen molar-refractivity contribution in [2.24, 2.45) is 11.7 Å². The second kappa shape index (κ2) is 6.75. The molecule has 2 N–H and O–H groups in total. The minimum atomic E-state index is -4.31. The van der Waals surface area contributed by atoms with Gasteiger partial charge in [-0.2, -0.15) is 13.2 Å². The molecule has 2 rings (SSSR count). The lowest BCUT2D eigenvalue weighted by Crippen LogP contribution is -2.08. The van der Waals surface area contributed by atoms with Gasteiger partial charge in [-0.15, -0.1) is 11.3 Å². The molecule has 1 atom stereocenters. The molecule has 6 heteroatoms. The molecular formula is C15H19F3N2S. The second-order valence-electron chi connectivity index (χ2n) is 5.18. The SMILES string of the molecule is CCC(CCN)CCc1nc2cc(C(F)(F)F)ccc2s1. The van der Waals surface area contributed by atoms with Gasteiger partial charge in [0.1, 0.15) is 0 Å². The van der Waals surface area contributed by atoms with Gasteiger partial charge in [0.15, 0.2) is 0 Å². The molecule has 0 spiro atoms. The normalized spacial score (nSPS) is 13.8. The largest absolute Gasteiger partial charge is 0.416 e. The van der Waals surface area contributed by atoms with Crippen molar-refractivity contribution < 1.29 is 13.2 Å². The number of hydrogen-bond donors (Lipinski definition) is 1. The molecule has 0 saturated carbocycles. The summed E-state index contributed by atoms with van der Waals surface area (Å²) in [5, 5.41) is 0.903. The molecule has 0 fully saturated rings. The zero-order valence-corrected chi connectivity index (χ0v) is 12.7. The van der Waals surface area contributed by atoms with Crippen LogP contribution in [0.3, 0.4) is 0 Å². The summed E-state index contributed by atoms with van der Waals surface area (Å²) in [5.74, 6) is 0.563. The monoisotopic (exact) mass is 316 g/mol. The summed E-state index contributed by atoms with van der Waals surface area (Å²) in [6, 6.07) is 3.76. The number of benzene rings is 1. The zero-order chi connectivity index (χ0) is 15.5. The minimum absolute atomic E-state index is 0.441. The fourth-order valence-corrected chi connectivity index (χ4v) is 3.34. The first-order valence-corrected chi connectivity index (χ1v) is 7.92. The van der Waals surface area contributed by atoms with E-state index >= 15 is 0 Å². The molecule has 1 heterocycles. The number of fused-ring (bicyclic) bond motifs is 1. The highest BCUT2D eigenvalue weighted by molar-refractivity contribution is 7.18. The molecule has 1 aromatic heterocycles. The predicted octanol–water partition coefficient (Wildman–Crippen LogP) is 4.62. The Hall–Kier alpha value is -1.14. The summed E-state index contributed by atoms with van der Waals surface area (Å²) >= 11 is 1.48. The summed E-state index contributed by atoms with van der Waals surface area (Å²) in [4.78, 5) is 4.34. The Labute approximate surface area is 126 Å². The van der Waals surface area contributed by atoms with Crippen LogP contribution in [0.2, 0.25) is 0 Å². The summed E-state index contributed by atoms with van der Waals surface area (Å²) in [6.07, 6.45) is -0.467. The van der Waals surface area contributed by atoms with Crippen LogP contribution < -0.4 is 5.73 Å². The molecule has 0 aliphatic rings. The van der Waals surface area contributed by atoms with Gasteiger partial charge in [-0.05, 0) is 49.9 Å². The highest BCUT2D eigenvalue weighted by Gasteiger charge is 2.30. The van der Waals surface area contributed by atoms with E-state index in [-0.39, 0.29) is 0 Å². The number of aryl methyl sites for hydroxylation is 1. The maximum absolute atomic E-state index is 12.7. The second-order valence-corrected chi connectivity index (χ2v) is 6.29. The molecule has 2 nitrogen and oxygen atoms in total. The van der Waals surface area contributed by atoms with E-state index in [0.717, 1.165) is 47.5 Å². The molecule has 116 valence electrons. The van der Waals surface area contributed by atoms with E-state index in [2.05, 4.69) is 11.9 Å². The van der Waals surface area contributed by atoms with E-state index in [1.54, 1.807) is 0 Å². The van der Waals surface area contributed by atoms with Gasteiger partial charge in [-0.3, -0.25) is 0 Å². The third kappa shape index (κ3) is 4.17. The Morgan fingerprint density at radius 1 is 1.29 bits per heavy atom. The third-order valence-electron chi connectivity index (χ3n) is 3.68. The molecule has 0 aliphatic carbocycles. The number of rotatable bonds is 6. The van der Waals surface area contributed by atoms with Crippen LogP contribution in [0, 0.1) is 5.92 Å². The van der Waals surface area contributed by atoms with Crippen LogP contribution in [0.5, 0.6) is 0 Å². The van der Waals surface area contributed by atoms with Gasteiger partial charge >= 0.3 is 6.18 Å². The van der Waals surface area contributed by atoms with Crippen molar-refractivity contribution in [2.75, 3.05) is 6.54 Å². The molecule has 21 heavy (non-hydrogen) atoms. The summed E-state index contributed by atoms with van der Waals surface area (Å²) < 4.78 is 38.8. The summed E-state index contributed by atoms with van der Waals surface area (Å²) in [6.45, 7) is 2.81. The lowest BCUT2D eigenvalue weighted by molar-refractivity contribution is -0.137. The minimum Gasteiger partial charge on any atom is -0.330 e. The first-order valence-electron chi connectivity index (χ1n) is 7.10. The lowest BCUT2D eigenvalue weighted by Gasteiger charge is -2.11. The quantitative estimate of drug-likeness (QED) is 0.844. The Bertz CT molecular complexity index is 592. The topological polar surface area (TPSA) is 38.9 Å². The van der Waals surface area contributed by atoms with Gasteiger partial charge in [0, 0.05) is 0 Å². The van der Waals surface area contributed by atoms with Crippen molar-refractivity contribution in [3.05, 3.63) is 28.8 Å². The van der Waals surface area contributed by atoms with E-state index in [0.29, 0.717) is 18.0 Å².